The van der Waals surface area contributed by atoms with Crippen molar-refractivity contribution in [3.63, 3.8) is 0 Å². The van der Waals surface area contributed by atoms with Crippen molar-refractivity contribution >= 4 is 69.5 Å². The number of hydrogen-bond acceptors (Lipinski definition) is 13. The minimum absolute atomic E-state index is 0.0319. The van der Waals surface area contributed by atoms with Gasteiger partial charge in [-0.3, -0.25) is 39.0 Å². The molecule has 0 radical (unpaired) electrons. The molecule has 0 spiro atoms. The van der Waals surface area contributed by atoms with Gasteiger partial charge in [-0.25, -0.2) is 4.98 Å². The molecule has 53 heavy (non-hydrogen) atoms. The second kappa shape index (κ2) is 14.5. The van der Waals surface area contributed by atoms with Crippen molar-refractivity contribution in [2.45, 2.75) is 25.0 Å². The number of piperidine rings is 1. The molecule has 2 atom stereocenters. The Morgan fingerprint density at radius 1 is 1.06 bits per heavy atom. The molecule has 2 aromatic heterocycles. The summed E-state index contributed by atoms with van der Waals surface area (Å²) in [6.07, 6.45) is 1.18. The number of carbonyl (C=O) groups excluding carboxylic acids is 5. The maximum Gasteiger partial charge on any atom is 0.293 e. The van der Waals surface area contributed by atoms with Gasteiger partial charge in [0.25, 0.3) is 23.3 Å². The number of likely N-dealkylation sites (N-methyl/N-ethyl adjacent to an activating group) is 1. The van der Waals surface area contributed by atoms with Crippen LogP contribution in [-0.4, -0.2) is 101 Å². The van der Waals surface area contributed by atoms with Crippen LogP contribution in [0.5, 0.6) is 11.5 Å². The summed E-state index contributed by atoms with van der Waals surface area (Å²) in [5.41, 5.74) is 1.17. The number of nitrogens with zero attached hydrogens (tertiary/aromatic N) is 5. The van der Waals surface area contributed by atoms with Gasteiger partial charge >= 0.3 is 0 Å². The molecule has 274 valence electrons. The van der Waals surface area contributed by atoms with Crippen LogP contribution in [0.1, 0.15) is 33.6 Å². The Hall–Kier alpha value is -6.07. The number of aromatic nitrogens is 3. The average molecular weight is 745 g/mol. The number of benzene rings is 2. The summed E-state index contributed by atoms with van der Waals surface area (Å²) >= 11 is 6.50. The first-order valence-corrected chi connectivity index (χ1v) is 17.0. The summed E-state index contributed by atoms with van der Waals surface area (Å²) in [5, 5.41) is 8.81. The molecular formula is C35H33ClN8O9. The van der Waals surface area contributed by atoms with Crippen molar-refractivity contribution in [1.82, 2.24) is 30.1 Å². The van der Waals surface area contributed by atoms with Crippen molar-refractivity contribution in [2.75, 3.05) is 50.2 Å². The van der Waals surface area contributed by atoms with Crippen LogP contribution in [0, 0.1) is 0 Å². The van der Waals surface area contributed by atoms with E-state index in [-0.39, 0.29) is 59.4 Å². The molecule has 0 bridgehead atoms. The number of aryl methyl sites for hydroxylation is 1. The number of nitrogens with one attached hydrogen (secondary N) is 3. The fourth-order valence-electron chi connectivity index (χ4n) is 6.32. The molecule has 17 nitrogen and oxygen atoms in total. The number of fused-ring (bicyclic) bond motifs is 2. The molecule has 3 aliphatic heterocycles. The number of amides is 5. The lowest BCUT2D eigenvalue weighted by molar-refractivity contribution is -0.136. The molecule has 0 aliphatic carbocycles. The van der Waals surface area contributed by atoms with Gasteiger partial charge in [-0.2, -0.15) is 4.98 Å². The van der Waals surface area contributed by atoms with Crippen molar-refractivity contribution in [2.24, 2.45) is 7.05 Å². The first-order chi connectivity index (χ1) is 25.5. The smallest absolute Gasteiger partial charge is 0.293 e. The van der Waals surface area contributed by atoms with Gasteiger partial charge in [0.1, 0.15) is 29.5 Å². The first kappa shape index (κ1) is 35.3. The number of rotatable bonds is 10. The number of ether oxygens (including phenoxy) is 3. The van der Waals surface area contributed by atoms with Crippen LogP contribution in [0.25, 0.3) is 10.9 Å². The molecule has 4 aromatic rings. The number of carbonyl (C=O) groups is 5. The highest BCUT2D eigenvalue weighted by Gasteiger charge is 2.44. The Labute approximate surface area is 306 Å². The fourth-order valence-corrected chi connectivity index (χ4v) is 6.45. The third-order valence-electron chi connectivity index (χ3n) is 9.09. The standard InChI is InChI=1S/C35H33ClN8O9/c1-37-29(46)17-53-27-12-18-11-19(3-6-25(18)42(2)34(27)50)39-30-24(36)14-38-35(41-30)43-9-10-51-21(15-43)16-52-20-4-5-22-23(13-20)33(49)44(32(22)48)26-7-8-28(45)40-31(26)47/h3-6,11-14,21,26H,7-10,15-17H2,1-2H3,(H,37,46)(H,38,39,41)(H,40,45,47)/t21-,26?/m0/s1. The molecule has 2 saturated heterocycles. The lowest BCUT2D eigenvalue weighted by Crippen LogP contribution is -2.54. The Morgan fingerprint density at radius 3 is 2.66 bits per heavy atom. The Balaban J connectivity index is 1.01. The minimum atomic E-state index is -1.06. The van der Waals surface area contributed by atoms with Crippen LogP contribution >= 0.6 is 11.6 Å². The van der Waals surface area contributed by atoms with E-state index >= 15 is 0 Å². The van der Waals surface area contributed by atoms with Crippen LogP contribution < -0.4 is 35.9 Å². The highest BCUT2D eigenvalue weighted by atomic mass is 35.5. The third kappa shape index (κ3) is 7.07. The molecular weight excluding hydrogens is 712 g/mol. The second-order valence-electron chi connectivity index (χ2n) is 12.5. The molecule has 2 aromatic carbocycles. The number of morpholine rings is 1. The number of pyridine rings is 1. The summed E-state index contributed by atoms with van der Waals surface area (Å²) < 4.78 is 18.8. The normalized spacial score (nSPS) is 18.5. The van der Waals surface area contributed by atoms with Crippen LogP contribution in [-0.2, 0) is 26.2 Å². The molecule has 5 amide bonds. The van der Waals surface area contributed by atoms with Gasteiger partial charge in [0.2, 0.25) is 17.8 Å². The lowest BCUT2D eigenvalue weighted by Gasteiger charge is -2.33. The highest BCUT2D eigenvalue weighted by molar-refractivity contribution is 6.33. The quantitative estimate of drug-likeness (QED) is 0.198. The van der Waals surface area contributed by atoms with E-state index in [2.05, 4.69) is 25.9 Å². The Morgan fingerprint density at radius 2 is 1.87 bits per heavy atom. The molecule has 3 aliphatic rings. The van der Waals surface area contributed by atoms with E-state index in [1.165, 1.54) is 29.9 Å². The predicted octanol–water partition coefficient (Wildman–Crippen LogP) is 1.54. The summed E-state index contributed by atoms with van der Waals surface area (Å²) in [4.78, 5) is 86.5. The van der Waals surface area contributed by atoms with Crippen molar-refractivity contribution < 1.29 is 38.2 Å². The summed E-state index contributed by atoms with van der Waals surface area (Å²) in [6, 6.07) is 10.4. The maximum atomic E-state index is 13.2. The second-order valence-corrected chi connectivity index (χ2v) is 12.9. The average Bonchev–Trinajstić information content (AvgIpc) is 3.40. The van der Waals surface area contributed by atoms with Gasteiger partial charge in [-0.1, -0.05) is 11.6 Å². The van der Waals surface area contributed by atoms with E-state index in [4.69, 9.17) is 25.8 Å². The molecule has 3 N–H and O–H groups in total. The number of halogens is 1. The van der Waals surface area contributed by atoms with Gasteiger partial charge in [-0.15, -0.1) is 0 Å². The van der Waals surface area contributed by atoms with E-state index in [0.717, 1.165) is 4.90 Å². The van der Waals surface area contributed by atoms with E-state index in [1.807, 2.05) is 4.90 Å². The highest BCUT2D eigenvalue weighted by Crippen LogP contribution is 2.31. The van der Waals surface area contributed by atoms with E-state index < -0.39 is 35.8 Å². The van der Waals surface area contributed by atoms with Crippen LogP contribution in [0.4, 0.5) is 17.5 Å². The Kier molecular flexibility index (Phi) is 9.68. The van der Waals surface area contributed by atoms with Gasteiger partial charge in [0.15, 0.2) is 18.2 Å². The first-order valence-electron chi connectivity index (χ1n) is 16.6. The molecule has 0 saturated carbocycles. The maximum absolute atomic E-state index is 13.2. The van der Waals surface area contributed by atoms with E-state index in [9.17, 15) is 28.8 Å². The number of imide groups is 2. The zero-order chi connectivity index (χ0) is 37.4. The zero-order valence-corrected chi connectivity index (χ0v) is 29.3. The molecule has 7 rings (SSSR count). The van der Waals surface area contributed by atoms with Gasteiger partial charge in [0.05, 0.1) is 36.0 Å². The fraction of sp³-hybridized carbons (Fsp3) is 0.314. The monoisotopic (exact) mass is 744 g/mol. The largest absolute Gasteiger partial charge is 0.491 e. The minimum Gasteiger partial charge on any atom is -0.491 e. The van der Waals surface area contributed by atoms with Crippen molar-refractivity contribution in [3.8, 4) is 11.5 Å². The van der Waals surface area contributed by atoms with Crippen LogP contribution in [0.15, 0.2) is 53.5 Å². The Bertz CT molecular complexity index is 2250. The number of hydrogen-bond donors (Lipinski definition) is 3. The van der Waals surface area contributed by atoms with Crippen LogP contribution in [0.2, 0.25) is 5.02 Å². The van der Waals surface area contributed by atoms with Gasteiger partial charge in [-0.05, 0) is 48.9 Å². The lowest BCUT2D eigenvalue weighted by atomic mass is 10.0. The molecule has 5 heterocycles. The zero-order valence-electron chi connectivity index (χ0n) is 28.5. The molecule has 1 unspecified atom stereocenters. The van der Waals surface area contributed by atoms with Crippen molar-refractivity contribution in [1.29, 1.82) is 0 Å². The predicted molar refractivity (Wildman–Crippen MR) is 190 cm³/mol. The molecule has 18 heteroatoms. The topological polar surface area (TPSA) is 203 Å². The number of anilines is 3. The van der Waals surface area contributed by atoms with Crippen LogP contribution in [0.3, 0.4) is 0 Å². The summed E-state index contributed by atoms with van der Waals surface area (Å²) in [6.45, 7) is 1.03. The summed E-state index contributed by atoms with van der Waals surface area (Å²) in [7, 11) is 3.10. The SMILES string of the molecule is CNC(=O)COc1cc2cc(Nc3nc(N4CCO[C@H](COc5ccc6c(c5)C(=O)N(C5CCC(=O)NC5=O)C6=O)C4)ncc3Cl)ccc2n(C)c1=O. The van der Waals surface area contributed by atoms with Gasteiger partial charge < -0.3 is 34.3 Å². The summed E-state index contributed by atoms with van der Waals surface area (Å²) in [5.74, 6) is -1.60. The van der Waals surface area contributed by atoms with E-state index in [0.29, 0.717) is 53.8 Å². The van der Waals surface area contributed by atoms with Gasteiger partial charge in [0, 0.05) is 38.1 Å². The molecule has 2 fully saturated rings. The van der Waals surface area contributed by atoms with E-state index in [1.54, 1.807) is 37.4 Å². The van der Waals surface area contributed by atoms with Crippen molar-refractivity contribution in [3.05, 3.63) is 75.2 Å². The third-order valence-corrected chi connectivity index (χ3v) is 9.37.